The van der Waals surface area contributed by atoms with Crippen molar-refractivity contribution in [3.05, 3.63) is 54.6 Å². The van der Waals surface area contributed by atoms with Crippen molar-refractivity contribution in [2.45, 2.75) is 11.8 Å². The third kappa shape index (κ3) is 4.27. The fourth-order valence-electron chi connectivity index (χ4n) is 1.92. The van der Waals surface area contributed by atoms with Gasteiger partial charge in [0, 0.05) is 12.6 Å². The molecule has 9 heteroatoms. The summed E-state index contributed by atoms with van der Waals surface area (Å²) < 4.78 is 43.9. The Morgan fingerprint density at radius 2 is 2.08 bits per heavy atom. The third-order valence-corrected chi connectivity index (χ3v) is 4.83. The Balaban J connectivity index is 2.17. The Morgan fingerprint density at radius 1 is 1.42 bits per heavy atom. The summed E-state index contributed by atoms with van der Waals surface area (Å²) in [5.41, 5.74) is 0. The van der Waals surface area contributed by atoms with E-state index in [4.69, 9.17) is 4.52 Å². The van der Waals surface area contributed by atoms with Gasteiger partial charge in [0.2, 0.25) is 15.9 Å². The zero-order chi connectivity index (χ0) is 17.7. The quantitative estimate of drug-likeness (QED) is 0.768. The summed E-state index contributed by atoms with van der Waals surface area (Å²) in [5, 5.41) is 6.04. The minimum absolute atomic E-state index is 0.0784. The molecule has 1 amide bonds. The summed E-state index contributed by atoms with van der Waals surface area (Å²) in [6.45, 7) is 4.62. The number of nitrogens with zero attached hydrogens (tertiary/aromatic N) is 2. The van der Waals surface area contributed by atoms with E-state index in [-0.39, 0.29) is 17.3 Å². The van der Waals surface area contributed by atoms with Crippen LogP contribution < -0.4 is 5.32 Å². The number of sulfonamides is 1. The minimum Gasteiger partial charge on any atom is -0.360 e. The molecule has 1 N–H and O–H groups in total. The van der Waals surface area contributed by atoms with E-state index in [1.807, 2.05) is 0 Å². The summed E-state index contributed by atoms with van der Waals surface area (Å²) in [6.07, 6.45) is 1.36. The number of rotatable bonds is 7. The summed E-state index contributed by atoms with van der Waals surface area (Å²) in [5.74, 6) is -0.443. The van der Waals surface area contributed by atoms with Gasteiger partial charge in [-0.1, -0.05) is 11.2 Å². The molecular weight excluding hydrogens is 337 g/mol. The van der Waals surface area contributed by atoms with Crippen molar-refractivity contribution in [2.24, 2.45) is 0 Å². The van der Waals surface area contributed by atoms with E-state index in [0.717, 1.165) is 28.6 Å². The average Bonchev–Trinajstić information content (AvgIpc) is 2.92. The first kappa shape index (κ1) is 17.8. The molecule has 0 spiro atoms. The van der Waals surface area contributed by atoms with Crippen LogP contribution in [0.1, 0.15) is 5.76 Å². The molecule has 0 saturated carbocycles. The molecular formula is C15H16FN3O4S. The standard InChI is InChI=1S/C15H16FN3O4S/c1-3-8-19(10-15(20)17-14-9-11(2)23-18-14)24(21,22)13-6-4-12(16)5-7-13/h3-7,9H,1,8,10H2,2H3,(H,17,18,20). The van der Waals surface area contributed by atoms with Crippen molar-refractivity contribution in [2.75, 3.05) is 18.4 Å². The van der Waals surface area contributed by atoms with Crippen molar-refractivity contribution in [3.8, 4) is 0 Å². The van der Waals surface area contributed by atoms with Gasteiger partial charge in [-0.3, -0.25) is 4.79 Å². The first-order chi connectivity index (χ1) is 11.3. The lowest BCUT2D eigenvalue weighted by Crippen LogP contribution is -2.38. The number of hydrogen-bond donors (Lipinski definition) is 1. The summed E-state index contributed by atoms with van der Waals surface area (Å²) in [6, 6.07) is 5.86. The van der Waals surface area contributed by atoms with Gasteiger partial charge in [0.15, 0.2) is 5.82 Å². The Labute approximate surface area is 138 Å². The summed E-state index contributed by atoms with van der Waals surface area (Å²) >= 11 is 0. The van der Waals surface area contributed by atoms with Crippen molar-refractivity contribution in [1.82, 2.24) is 9.46 Å². The number of carbonyl (C=O) groups excluding carboxylic acids is 1. The van der Waals surface area contributed by atoms with Crippen LogP contribution in [0.4, 0.5) is 10.2 Å². The van der Waals surface area contributed by atoms with Crippen molar-refractivity contribution in [1.29, 1.82) is 0 Å². The summed E-state index contributed by atoms with van der Waals surface area (Å²) in [4.78, 5) is 11.9. The van der Waals surface area contributed by atoms with Gasteiger partial charge in [0.25, 0.3) is 0 Å². The monoisotopic (exact) mass is 353 g/mol. The predicted molar refractivity (Wildman–Crippen MR) is 85.2 cm³/mol. The predicted octanol–water partition coefficient (Wildman–Crippen LogP) is 1.94. The molecule has 128 valence electrons. The van der Waals surface area contributed by atoms with Gasteiger partial charge in [-0.25, -0.2) is 12.8 Å². The lowest BCUT2D eigenvalue weighted by molar-refractivity contribution is -0.116. The van der Waals surface area contributed by atoms with E-state index >= 15 is 0 Å². The molecule has 0 radical (unpaired) electrons. The van der Waals surface area contributed by atoms with Crippen LogP contribution in [-0.4, -0.2) is 36.9 Å². The van der Waals surface area contributed by atoms with Gasteiger partial charge in [-0.15, -0.1) is 6.58 Å². The average molecular weight is 353 g/mol. The smallest absolute Gasteiger partial charge is 0.243 e. The third-order valence-electron chi connectivity index (χ3n) is 3.00. The minimum atomic E-state index is -3.97. The van der Waals surface area contributed by atoms with E-state index in [1.54, 1.807) is 6.92 Å². The molecule has 1 heterocycles. The number of nitrogens with one attached hydrogen (secondary N) is 1. The molecule has 2 aromatic rings. The number of hydrogen-bond acceptors (Lipinski definition) is 5. The molecule has 0 bridgehead atoms. The first-order valence-electron chi connectivity index (χ1n) is 6.92. The Hall–Kier alpha value is -2.52. The topological polar surface area (TPSA) is 92.5 Å². The highest BCUT2D eigenvalue weighted by Crippen LogP contribution is 2.16. The fourth-order valence-corrected chi connectivity index (χ4v) is 3.28. The van der Waals surface area contributed by atoms with Gasteiger partial charge in [-0.05, 0) is 31.2 Å². The molecule has 0 aliphatic rings. The van der Waals surface area contributed by atoms with E-state index in [1.165, 1.54) is 12.1 Å². The van der Waals surface area contributed by atoms with Crippen molar-refractivity contribution < 1.29 is 22.1 Å². The number of amides is 1. The second-order valence-corrected chi connectivity index (χ2v) is 6.85. The van der Waals surface area contributed by atoms with Crippen LogP contribution in [0, 0.1) is 12.7 Å². The van der Waals surface area contributed by atoms with Gasteiger partial charge in [0.1, 0.15) is 11.6 Å². The van der Waals surface area contributed by atoms with Gasteiger partial charge in [0.05, 0.1) is 11.4 Å². The van der Waals surface area contributed by atoms with Crippen LogP contribution >= 0.6 is 0 Å². The maximum atomic E-state index is 13.0. The maximum absolute atomic E-state index is 13.0. The van der Waals surface area contributed by atoms with Crippen LogP contribution in [0.15, 0.2) is 52.4 Å². The van der Waals surface area contributed by atoms with Crippen LogP contribution in [0.5, 0.6) is 0 Å². The lowest BCUT2D eigenvalue weighted by Gasteiger charge is -2.20. The molecule has 0 saturated heterocycles. The van der Waals surface area contributed by atoms with Crippen molar-refractivity contribution >= 4 is 21.7 Å². The highest BCUT2D eigenvalue weighted by molar-refractivity contribution is 7.89. The summed E-state index contributed by atoms with van der Waals surface area (Å²) in [7, 11) is -3.97. The van der Waals surface area contributed by atoms with Gasteiger partial charge < -0.3 is 9.84 Å². The zero-order valence-electron chi connectivity index (χ0n) is 12.9. The molecule has 0 fully saturated rings. The molecule has 2 rings (SSSR count). The Morgan fingerprint density at radius 3 is 2.62 bits per heavy atom. The largest absolute Gasteiger partial charge is 0.360 e. The number of aromatic nitrogens is 1. The Kier molecular flexibility index (Phi) is 5.47. The molecule has 0 aliphatic carbocycles. The van der Waals surface area contributed by atoms with Crippen LogP contribution in [-0.2, 0) is 14.8 Å². The maximum Gasteiger partial charge on any atom is 0.243 e. The molecule has 1 aromatic heterocycles. The van der Waals surface area contributed by atoms with Gasteiger partial charge in [-0.2, -0.15) is 4.31 Å². The Bertz CT molecular complexity index is 831. The number of anilines is 1. The number of aryl methyl sites for hydroxylation is 1. The number of carbonyl (C=O) groups is 1. The molecule has 0 atom stereocenters. The van der Waals surface area contributed by atoms with Crippen LogP contribution in [0.25, 0.3) is 0 Å². The van der Waals surface area contributed by atoms with Crippen molar-refractivity contribution in [3.63, 3.8) is 0 Å². The van der Waals surface area contributed by atoms with E-state index in [0.29, 0.717) is 5.76 Å². The highest BCUT2D eigenvalue weighted by atomic mass is 32.2. The second-order valence-electron chi connectivity index (χ2n) is 4.91. The molecule has 24 heavy (non-hydrogen) atoms. The van der Waals surface area contributed by atoms with E-state index in [9.17, 15) is 17.6 Å². The number of halogens is 1. The van der Waals surface area contributed by atoms with Crippen LogP contribution in [0.3, 0.4) is 0 Å². The first-order valence-corrected chi connectivity index (χ1v) is 8.36. The number of benzene rings is 1. The lowest BCUT2D eigenvalue weighted by atomic mass is 10.4. The highest BCUT2D eigenvalue weighted by Gasteiger charge is 2.26. The van der Waals surface area contributed by atoms with E-state index in [2.05, 4.69) is 17.1 Å². The zero-order valence-corrected chi connectivity index (χ0v) is 13.7. The fraction of sp³-hybridized carbons (Fsp3) is 0.200. The molecule has 7 nitrogen and oxygen atoms in total. The molecule has 0 unspecified atom stereocenters. The normalized spacial score (nSPS) is 11.5. The SMILES string of the molecule is C=CCN(CC(=O)Nc1cc(C)on1)S(=O)(=O)c1ccc(F)cc1. The molecule has 1 aromatic carbocycles. The molecule has 0 aliphatic heterocycles. The van der Waals surface area contributed by atoms with E-state index < -0.39 is 28.3 Å². The van der Waals surface area contributed by atoms with Gasteiger partial charge >= 0.3 is 0 Å². The second kappa shape index (κ2) is 7.37. The van der Waals surface area contributed by atoms with Crippen LogP contribution in [0.2, 0.25) is 0 Å².